The summed E-state index contributed by atoms with van der Waals surface area (Å²) in [6, 6.07) is 0.267. The Balaban J connectivity index is 2.21. The summed E-state index contributed by atoms with van der Waals surface area (Å²) in [5, 5.41) is 12.1. The number of thiol groups is 1. The standard InChI is InChI=1S/C7H16N2OS/c10-6-7-5-9(3-4-11)2-1-8-7/h7-8,10-11H,1-6H2. The summed E-state index contributed by atoms with van der Waals surface area (Å²) in [6.45, 7) is 4.29. The topological polar surface area (TPSA) is 35.5 Å². The van der Waals surface area contributed by atoms with E-state index in [0.29, 0.717) is 0 Å². The van der Waals surface area contributed by atoms with Crippen LogP contribution in [0.1, 0.15) is 0 Å². The summed E-state index contributed by atoms with van der Waals surface area (Å²) in [4.78, 5) is 2.32. The number of hydrogen-bond donors (Lipinski definition) is 3. The molecule has 1 atom stereocenters. The van der Waals surface area contributed by atoms with Crippen LogP contribution in [0.3, 0.4) is 0 Å². The first-order valence-electron chi connectivity index (χ1n) is 4.04. The van der Waals surface area contributed by atoms with Crippen LogP contribution < -0.4 is 5.32 Å². The Hall–Kier alpha value is 0.230. The summed E-state index contributed by atoms with van der Waals surface area (Å²) in [5.74, 6) is 0.901. The first-order valence-corrected chi connectivity index (χ1v) is 4.67. The molecule has 0 aromatic carbocycles. The maximum atomic E-state index is 8.87. The van der Waals surface area contributed by atoms with Crippen LogP contribution in [-0.2, 0) is 0 Å². The number of aliphatic hydroxyl groups is 1. The highest BCUT2D eigenvalue weighted by molar-refractivity contribution is 7.80. The molecule has 0 aromatic heterocycles. The van der Waals surface area contributed by atoms with Crippen LogP contribution in [0.5, 0.6) is 0 Å². The minimum Gasteiger partial charge on any atom is -0.395 e. The van der Waals surface area contributed by atoms with Crippen molar-refractivity contribution in [2.75, 3.05) is 38.5 Å². The van der Waals surface area contributed by atoms with Gasteiger partial charge in [-0.25, -0.2) is 0 Å². The first-order chi connectivity index (χ1) is 5.36. The van der Waals surface area contributed by atoms with E-state index in [1.165, 1.54) is 0 Å². The molecule has 1 aliphatic rings. The van der Waals surface area contributed by atoms with E-state index in [2.05, 4.69) is 22.8 Å². The predicted molar refractivity (Wildman–Crippen MR) is 49.2 cm³/mol. The molecule has 0 spiro atoms. The minimum atomic E-state index is 0.239. The quantitative estimate of drug-likeness (QED) is 0.492. The molecule has 0 aromatic rings. The maximum absolute atomic E-state index is 8.87. The van der Waals surface area contributed by atoms with E-state index in [1.807, 2.05) is 0 Å². The zero-order valence-corrected chi connectivity index (χ0v) is 7.56. The second-order valence-electron chi connectivity index (χ2n) is 2.86. The zero-order chi connectivity index (χ0) is 8.10. The third kappa shape index (κ3) is 2.99. The molecule has 1 aliphatic heterocycles. The molecule has 0 aliphatic carbocycles. The number of rotatable bonds is 3. The lowest BCUT2D eigenvalue weighted by atomic mass is 10.2. The molecule has 0 amide bonds. The number of piperazine rings is 1. The number of aliphatic hydroxyl groups excluding tert-OH is 1. The lowest BCUT2D eigenvalue weighted by Gasteiger charge is -2.32. The van der Waals surface area contributed by atoms with Gasteiger partial charge in [0.2, 0.25) is 0 Å². The van der Waals surface area contributed by atoms with Crippen LogP contribution in [-0.4, -0.2) is 54.6 Å². The van der Waals surface area contributed by atoms with Crippen molar-refractivity contribution in [2.24, 2.45) is 0 Å². The highest BCUT2D eigenvalue weighted by Gasteiger charge is 2.16. The molecular formula is C7H16N2OS. The molecule has 1 heterocycles. The summed E-state index contributed by atoms with van der Waals surface area (Å²) >= 11 is 4.17. The van der Waals surface area contributed by atoms with Crippen LogP contribution in [0.2, 0.25) is 0 Å². The Labute approximate surface area is 73.2 Å². The van der Waals surface area contributed by atoms with E-state index >= 15 is 0 Å². The highest BCUT2D eigenvalue weighted by atomic mass is 32.1. The smallest absolute Gasteiger partial charge is 0.0597 e. The van der Waals surface area contributed by atoms with Gasteiger partial charge in [-0.1, -0.05) is 0 Å². The molecule has 11 heavy (non-hydrogen) atoms. The SMILES string of the molecule is OCC1CN(CCS)CCN1. The normalized spacial score (nSPS) is 27.3. The Bertz CT molecular complexity index is 111. The average molecular weight is 176 g/mol. The third-order valence-electron chi connectivity index (χ3n) is 1.98. The second-order valence-corrected chi connectivity index (χ2v) is 3.31. The zero-order valence-electron chi connectivity index (χ0n) is 6.66. The van der Waals surface area contributed by atoms with E-state index in [-0.39, 0.29) is 12.6 Å². The monoisotopic (exact) mass is 176 g/mol. The molecule has 0 radical (unpaired) electrons. The van der Waals surface area contributed by atoms with Gasteiger partial charge >= 0.3 is 0 Å². The van der Waals surface area contributed by atoms with Crippen LogP contribution in [0.25, 0.3) is 0 Å². The molecule has 1 unspecified atom stereocenters. The number of nitrogens with one attached hydrogen (secondary N) is 1. The maximum Gasteiger partial charge on any atom is 0.0597 e. The largest absolute Gasteiger partial charge is 0.395 e. The van der Waals surface area contributed by atoms with Crippen molar-refractivity contribution in [3.05, 3.63) is 0 Å². The van der Waals surface area contributed by atoms with Crippen molar-refractivity contribution in [2.45, 2.75) is 6.04 Å². The Kier molecular flexibility index (Phi) is 4.22. The van der Waals surface area contributed by atoms with Gasteiger partial charge < -0.3 is 10.4 Å². The van der Waals surface area contributed by atoms with Crippen LogP contribution in [0, 0.1) is 0 Å². The molecule has 0 bridgehead atoms. The van der Waals surface area contributed by atoms with Gasteiger partial charge in [0.05, 0.1) is 6.61 Å². The lowest BCUT2D eigenvalue weighted by molar-refractivity contribution is 0.154. The fourth-order valence-electron chi connectivity index (χ4n) is 1.36. The van der Waals surface area contributed by atoms with E-state index in [0.717, 1.165) is 31.9 Å². The van der Waals surface area contributed by atoms with Crippen molar-refractivity contribution in [3.8, 4) is 0 Å². The fourth-order valence-corrected chi connectivity index (χ4v) is 1.64. The molecule has 4 heteroatoms. The van der Waals surface area contributed by atoms with Gasteiger partial charge in [0.25, 0.3) is 0 Å². The van der Waals surface area contributed by atoms with Crippen molar-refractivity contribution < 1.29 is 5.11 Å². The van der Waals surface area contributed by atoms with Gasteiger partial charge in [0.15, 0.2) is 0 Å². The average Bonchev–Trinajstić information content (AvgIpc) is 2.06. The van der Waals surface area contributed by atoms with E-state index in [9.17, 15) is 0 Å². The molecule has 1 rings (SSSR count). The molecule has 1 fully saturated rings. The van der Waals surface area contributed by atoms with E-state index in [1.54, 1.807) is 0 Å². The number of nitrogens with zero attached hydrogens (tertiary/aromatic N) is 1. The molecular weight excluding hydrogens is 160 g/mol. The van der Waals surface area contributed by atoms with Crippen LogP contribution in [0.4, 0.5) is 0 Å². The lowest BCUT2D eigenvalue weighted by Crippen LogP contribution is -2.52. The van der Waals surface area contributed by atoms with Crippen molar-refractivity contribution in [3.63, 3.8) is 0 Å². The third-order valence-corrected chi connectivity index (χ3v) is 2.18. The van der Waals surface area contributed by atoms with Gasteiger partial charge in [0, 0.05) is 38.0 Å². The van der Waals surface area contributed by atoms with Crippen molar-refractivity contribution >= 4 is 12.6 Å². The molecule has 66 valence electrons. The molecule has 3 nitrogen and oxygen atoms in total. The Morgan fingerprint density at radius 2 is 2.45 bits per heavy atom. The summed E-state index contributed by atoms with van der Waals surface area (Å²) in [5.41, 5.74) is 0. The van der Waals surface area contributed by atoms with Gasteiger partial charge in [-0.3, -0.25) is 4.90 Å². The summed E-state index contributed by atoms with van der Waals surface area (Å²) in [7, 11) is 0. The van der Waals surface area contributed by atoms with Crippen molar-refractivity contribution in [1.82, 2.24) is 10.2 Å². The highest BCUT2D eigenvalue weighted by Crippen LogP contribution is 1.98. The first kappa shape index (κ1) is 9.32. The van der Waals surface area contributed by atoms with E-state index in [4.69, 9.17) is 5.11 Å². The van der Waals surface area contributed by atoms with Gasteiger partial charge in [-0.2, -0.15) is 12.6 Å². The second kappa shape index (κ2) is 4.98. The number of hydrogen-bond acceptors (Lipinski definition) is 4. The van der Waals surface area contributed by atoms with Crippen molar-refractivity contribution in [1.29, 1.82) is 0 Å². The van der Waals surface area contributed by atoms with Crippen LogP contribution >= 0.6 is 12.6 Å². The van der Waals surface area contributed by atoms with Crippen LogP contribution in [0.15, 0.2) is 0 Å². The minimum absolute atomic E-state index is 0.239. The molecule has 2 N–H and O–H groups in total. The van der Waals surface area contributed by atoms with Gasteiger partial charge in [-0.05, 0) is 0 Å². The predicted octanol–water partition coefficient (Wildman–Crippen LogP) is -0.818. The molecule has 0 saturated carbocycles. The van der Waals surface area contributed by atoms with Gasteiger partial charge in [-0.15, -0.1) is 0 Å². The summed E-state index contributed by atoms with van der Waals surface area (Å²) < 4.78 is 0. The van der Waals surface area contributed by atoms with E-state index < -0.39 is 0 Å². The molecule has 1 saturated heterocycles. The Morgan fingerprint density at radius 1 is 1.64 bits per heavy atom. The summed E-state index contributed by atoms with van der Waals surface area (Å²) in [6.07, 6.45) is 0. The fraction of sp³-hybridized carbons (Fsp3) is 1.00. The van der Waals surface area contributed by atoms with Gasteiger partial charge in [0.1, 0.15) is 0 Å². The Morgan fingerprint density at radius 3 is 3.09 bits per heavy atom.